The monoisotopic (exact) mass is 369 g/mol. The second-order valence-corrected chi connectivity index (χ2v) is 5.19. The normalized spacial score (nSPS) is 10.2. The highest BCUT2D eigenvalue weighted by Gasteiger charge is 2.14. The van der Waals surface area contributed by atoms with Crippen molar-refractivity contribution >= 4 is 34.2 Å². The maximum Gasteiger partial charge on any atom is 0.341 e. The first-order valence-corrected chi connectivity index (χ1v) is 6.65. The van der Waals surface area contributed by atoms with Crippen LogP contribution < -0.4 is 10.5 Å². The summed E-state index contributed by atoms with van der Waals surface area (Å²) >= 11 is 2.22. The lowest BCUT2D eigenvalue weighted by Crippen LogP contribution is -2.06. The highest BCUT2D eigenvalue weighted by molar-refractivity contribution is 14.1. The van der Waals surface area contributed by atoms with E-state index in [-0.39, 0.29) is 17.0 Å². The summed E-state index contributed by atoms with van der Waals surface area (Å²) in [6.45, 7) is 0.306. The Bertz CT molecular complexity index is 596. The fourth-order valence-electron chi connectivity index (χ4n) is 1.64. The lowest BCUT2D eigenvalue weighted by Gasteiger charge is -2.10. The number of benzene rings is 2. The summed E-state index contributed by atoms with van der Waals surface area (Å²) in [6, 6.07) is 12.6. The first kappa shape index (κ1) is 13.7. The summed E-state index contributed by atoms with van der Waals surface area (Å²) in [4.78, 5) is 11.1. The van der Waals surface area contributed by atoms with Crippen molar-refractivity contribution in [1.29, 1.82) is 0 Å². The Morgan fingerprint density at radius 1 is 1.21 bits per heavy atom. The SMILES string of the molecule is Nc1cccc(OCc2ccc(I)cc2)c1C(=O)O. The number of hydrogen-bond donors (Lipinski definition) is 2. The van der Waals surface area contributed by atoms with E-state index in [1.807, 2.05) is 24.3 Å². The summed E-state index contributed by atoms with van der Waals surface area (Å²) in [7, 11) is 0. The third-order valence-corrected chi connectivity index (χ3v) is 3.30. The zero-order chi connectivity index (χ0) is 13.8. The fourth-order valence-corrected chi connectivity index (χ4v) is 2.00. The average Bonchev–Trinajstić information content (AvgIpc) is 2.37. The molecule has 5 heteroatoms. The van der Waals surface area contributed by atoms with Gasteiger partial charge in [0.05, 0.1) is 0 Å². The van der Waals surface area contributed by atoms with Crippen molar-refractivity contribution < 1.29 is 14.6 Å². The molecule has 0 atom stereocenters. The Morgan fingerprint density at radius 3 is 2.53 bits per heavy atom. The smallest absolute Gasteiger partial charge is 0.341 e. The molecular weight excluding hydrogens is 357 g/mol. The van der Waals surface area contributed by atoms with Gasteiger partial charge in [0.1, 0.15) is 17.9 Å². The second-order valence-electron chi connectivity index (χ2n) is 3.94. The van der Waals surface area contributed by atoms with Crippen molar-refractivity contribution in [2.75, 3.05) is 5.73 Å². The van der Waals surface area contributed by atoms with Gasteiger partial charge in [-0.1, -0.05) is 18.2 Å². The number of anilines is 1. The molecule has 4 nitrogen and oxygen atoms in total. The van der Waals surface area contributed by atoms with Crippen LogP contribution in [-0.2, 0) is 6.61 Å². The standard InChI is InChI=1S/C14H12INO3/c15-10-6-4-9(5-7-10)8-19-12-3-1-2-11(16)13(12)14(17)18/h1-7H,8,16H2,(H,17,18). The van der Waals surface area contributed by atoms with Crippen LogP contribution in [0.5, 0.6) is 5.75 Å². The molecule has 98 valence electrons. The van der Waals surface area contributed by atoms with E-state index in [0.717, 1.165) is 9.13 Å². The molecule has 0 unspecified atom stereocenters. The van der Waals surface area contributed by atoms with Gasteiger partial charge in [-0.25, -0.2) is 4.79 Å². The number of hydrogen-bond acceptors (Lipinski definition) is 3. The first-order chi connectivity index (χ1) is 9.08. The quantitative estimate of drug-likeness (QED) is 0.642. The van der Waals surface area contributed by atoms with Crippen molar-refractivity contribution in [3.63, 3.8) is 0 Å². The van der Waals surface area contributed by atoms with Gasteiger partial charge in [-0.15, -0.1) is 0 Å². The Morgan fingerprint density at radius 2 is 1.89 bits per heavy atom. The number of carboxylic acid groups (broad SMARTS) is 1. The van der Waals surface area contributed by atoms with Crippen molar-refractivity contribution in [2.24, 2.45) is 0 Å². The number of ether oxygens (including phenoxy) is 1. The molecule has 0 saturated carbocycles. The van der Waals surface area contributed by atoms with Gasteiger partial charge in [-0.3, -0.25) is 0 Å². The molecule has 2 rings (SSSR count). The zero-order valence-corrected chi connectivity index (χ0v) is 12.1. The number of aromatic carboxylic acids is 1. The van der Waals surface area contributed by atoms with Gasteiger partial charge in [0.15, 0.2) is 0 Å². The highest BCUT2D eigenvalue weighted by Crippen LogP contribution is 2.25. The van der Waals surface area contributed by atoms with E-state index in [4.69, 9.17) is 15.6 Å². The molecule has 0 aliphatic rings. The summed E-state index contributed by atoms with van der Waals surface area (Å²) in [6.07, 6.45) is 0. The van der Waals surface area contributed by atoms with Gasteiger partial charge in [0.25, 0.3) is 0 Å². The average molecular weight is 369 g/mol. The molecule has 19 heavy (non-hydrogen) atoms. The van der Waals surface area contributed by atoms with Gasteiger partial charge >= 0.3 is 5.97 Å². The second kappa shape index (κ2) is 5.92. The molecule has 0 amide bonds. The van der Waals surface area contributed by atoms with Gasteiger partial charge in [0, 0.05) is 9.26 Å². The maximum absolute atomic E-state index is 11.1. The number of carboxylic acids is 1. The predicted molar refractivity (Wildman–Crippen MR) is 81.3 cm³/mol. The lowest BCUT2D eigenvalue weighted by molar-refractivity contribution is 0.0693. The third kappa shape index (κ3) is 3.37. The summed E-state index contributed by atoms with van der Waals surface area (Å²) in [5, 5.41) is 9.12. The molecule has 2 aromatic carbocycles. The molecule has 0 heterocycles. The van der Waals surface area contributed by atoms with Crippen LogP contribution in [0.2, 0.25) is 0 Å². The van der Waals surface area contributed by atoms with Crippen LogP contribution in [-0.4, -0.2) is 11.1 Å². The minimum Gasteiger partial charge on any atom is -0.488 e. The van der Waals surface area contributed by atoms with Crippen molar-refractivity contribution in [3.05, 3.63) is 57.2 Å². The van der Waals surface area contributed by atoms with Gasteiger partial charge in [0.2, 0.25) is 0 Å². The third-order valence-electron chi connectivity index (χ3n) is 2.58. The van der Waals surface area contributed by atoms with Crippen LogP contribution in [0.4, 0.5) is 5.69 Å². The van der Waals surface area contributed by atoms with E-state index in [1.54, 1.807) is 18.2 Å². The molecule has 2 aromatic rings. The molecule has 0 radical (unpaired) electrons. The highest BCUT2D eigenvalue weighted by atomic mass is 127. The molecule has 0 spiro atoms. The fraction of sp³-hybridized carbons (Fsp3) is 0.0714. The number of nitrogen functional groups attached to an aromatic ring is 1. The van der Waals surface area contributed by atoms with E-state index >= 15 is 0 Å². The Kier molecular flexibility index (Phi) is 4.26. The summed E-state index contributed by atoms with van der Waals surface area (Å²) in [5.74, 6) is -0.804. The van der Waals surface area contributed by atoms with E-state index < -0.39 is 5.97 Å². The Balaban J connectivity index is 2.18. The van der Waals surface area contributed by atoms with Crippen LogP contribution in [0.3, 0.4) is 0 Å². The van der Waals surface area contributed by atoms with Crippen LogP contribution in [0.25, 0.3) is 0 Å². The lowest BCUT2D eigenvalue weighted by atomic mass is 10.1. The Labute approximate surface area is 124 Å². The van der Waals surface area contributed by atoms with Gasteiger partial charge in [-0.05, 0) is 52.4 Å². The van der Waals surface area contributed by atoms with Crippen LogP contribution >= 0.6 is 22.6 Å². The van der Waals surface area contributed by atoms with Crippen molar-refractivity contribution in [2.45, 2.75) is 6.61 Å². The Hall–Kier alpha value is -1.76. The number of halogens is 1. The predicted octanol–water partition coefficient (Wildman–Crippen LogP) is 3.15. The molecule has 0 saturated heterocycles. The number of carbonyl (C=O) groups is 1. The molecule has 3 N–H and O–H groups in total. The first-order valence-electron chi connectivity index (χ1n) is 5.57. The van der Waals surface area contributed by atoms with E-state index in [0.29, 0.717) is 6.61 Å². The topological polar surface area (TPSA) is 72.5 Å². The van der Waals surface area contributed by atoms with Crippen LogP contribution in [0, 0.1) is 3.57 Å². The van der Waals surface area contributed by atoms with Gasteiger partial charge in [-0.2, -0.15) is 0 Å². The van der Waals surface area contributed by atoms with E-state index in [1.165, 1.54) is 0 Å². The molecule has 0 aromatic heterocycles. The summed E-state index contributed by atoms with van der Waals surface area (Å²) < 4.78 is 6.68. The summed E-state index contributed by atoms with van der Waals surface area (Å²) in [5.41, 5.74) is 6.83. The number of rotatable bonds is 4. The van der Waals surface area contributed by atoms with Crippen LogP contribution in [0.15, 0.2) is 42.5 Å². The molecular formula is C14H12INO3. The molecule has 0 bridgehead atoms. The maximum atomic E-state index is 11.1. The zero-order valence-electron chi connectivity index (χ0n) is 9.97. The van der Waals surface area contributed by atoms with E-state index in [2.05, 4.69) is 22.6 Å². The molecule has 0 fully saturated rings. The molecule has 0 aliphatic heterocycles. The number of nitrogens with two attached hydrogens (primary N) is 1. The van der Waals surface area contributed by atoms with Crippen LogP contribution in [0.1, 0.15) is 15.9 Å². The minimum atomic E-state index is -1.09. The molecule has 0 aliphatic carbocycles. The van der Waals surface area contributed by atoms with Crippen molar-refractivity contribution in [1.82, 2.24) is 0 Å². The minimum absolute atomic E-state index is 0.00742. The van der Waals surface area contributed by atoms with E-state index in [9.17, 15) is 4.79 Å². The van der Waals surface area contributed by atoms with Gasteiger partial charge < -0.3 is 15.6 Å². The van der Waals surface area contributed by atoms with Crippen molar-refractivity contribution in [3.8, 4) is 5.75 Å². The largest absolute Gasteiger partial charge is 0.488 e.